The van der Waals surface area contributed by atoms with E-state index in [1.54, 1.807) is 19.9 Å². The van der Waals surface area contributed by atoms with Crippen LogP contribution in [0, 0.1) is 25.0 Å². The van der Waals surface area contributed by atoms with Crippen molar-refractivity contribution in [2.24, 2.45) is 5.92 Å². The van der Waals surface area contributed by atoms with Crippen LogP contribution in [0.2, 0.25) is 0 Å². The lowest BCUT2D eigenvalue weighted by atomic mass is 10.1. The topological polar surface area (TPSA) is 54.6 Å². The van der Waals surface area contributed by atoms with E-state index in [9.17, 15) is 14.0 Å². The summed E-state index contributed by atoms with van der Waals surface area (Å²) in [4.78, 5) is 0. The van der Waals surface area contributed by atoms with Gasteiger partial charge in [0.05, 0.1) is 25.4 Å². The fourth-order valence-electron chi connectivity index (χ4n) is 2.00. The number of alkyl halides is 2. The molecule has 1 fully saturated rings. The average molecular weight is 303 g/mol. The molecule has 1 aromatic heterocycles. The molecule has 0 aromatic carbocycles. The Morgan fingerprint density at radius 3 is 2.52 bits per heavy atom. The van der Waals surface area contributed by atoms with Crippen LogP contribution in [0.4, 0.5) is 8.78 Å². The van der Waals surface area contributed by atoms with Crippen LogP contribution in [0.15, 0.2) is 12.3 Å². The van der Waals surface area contributed by atoms with E-state index < -0.39 is 19.1 Å². The molecule has 5 nitrogen and oxygen atoms in total. The Kier molecular flexibility index (Phi) is 4.95. The van der Waals surface area contributed by atoms with Crippen LogP contribution in [0.25, 0.3) is 0 Å². The van der Waals surface area contributed by atoms with Gasteiger partial charge >= 0.3 is 0 Å². The van der Waals surface area contributed by atoms with Gasteiger partial charge < -0.3 is 19.4 Å². The summed E-state index contributed by atoms with van der Waals surface area (Å²) in [5, 5.41) is 11.4. The van der Waals surface area contributed by atoms with Crippen molar-refractivity contribution in [2.75, 3.05) is 33.2 Å². The van der Waals surface area contributed by atoms with Gasteiger partial charge in [-0.2, -0.15) is 4.73 Å². The van der Waals surface area contributed by atoms with E-state index in [4.69, 9.17) is 14.2 Å². The van der Waals surface area contributed by atoms with Gasteiger partial charge in [-0.25, -0.2) is 8.78 Å². The zero-order valence-corrected chi connectivity index (χ0v) is 12.1. The molecule has 1 saturated heterocycles. The summed E-state index contributed by atoms with van der Waals surface area (Å²) in [5.74, 6) is -1.26. The fraction of sp³-hybridized carbons (Fsp3) is 0.643. The number of hydrogen-bond acceptors (Lipinski definition) is 4. The maximum Gasteiger partial charge on any atom is 0.226 e. The molecule has 0 amide bonds. The van der Waals surface area contributed by atoms with Crippen molar-refractivity contribution in [1.29, 1.82) is 0 Å². The molecule has 0 saturated carbocycles. The summed E-state index contributed by atoms with van der Waals surface area (Å²) in [5.41, 5.74) is 1.32. The minimum absolute atomic E-state index is 0.115. The van der Waals surface area contributed by atoms with Gasteiger partial charge in [0.25, 0.3) is 0 Å². The highest BCUT2D eigenvalue weighted by Gasteiger charge is 2.38. The van der Waals surface area contributed by atoms with Crippen molar-refractivity contribution >= 4 is 0 Å². The van der Waals surface area contributed by atoms with Gasteiger partial charge in [0.15, 0.2) is 11.9 Å². The lowest BCUT2D eigenvalue weighted by molar-refractivity contribution is -0.612. The minimum atomic E-state index is -1.75. The Bertz CT molecular complexity index is 484. The van der Waals surface area contributed by atoms with Crippen molar-refractivity contribution in [1.82, 2.24) is 0 Å². The van der Waals surface area contributed by atoms with Gasteiger partial charge in [-0.1, -0.05) is 0 Å². The third-order valence-electron chi connectivity index (χ3n) is 3.65. The van der Waals surface area contributed by atoms with E-state index >= 15 is 0 Å². The smallest absolute Gasteiger partial charge is 0.226 e. The first-order valence-electron chi connectivity index (χ1n) is 6.73. The highest BCUT2D eigenvalue weighted by atomic mass is 19.1. The first-order valence-corrected chi connectivity index (χ1v) is 6.73. The summed E-state index contributed by atoms with van der Waals surface area (Å²) in [6.45, 7) is 2.09. The molecule has 0 radical (unpaired) electrons. The number of hydrogen-bond donors (Lipinski definition) is 0. The summed E-state index contributed by atoms with van der Waals surface area (Å²) < 4.78 is 42.1. The van der Waals surface area contributed by atoms with Gasteiger partial charge in [0.1, 0.15) is 19.1 Å². The molecule has 1 aliphatic heterocycles. The third-order valence-corrected chi connectivity index (χ3v) is 3.65. The van der Waals surface area contributed by atoms with Gasteiger partial charge in [0, 0.05) is 18.9 Å². The lowest BCUT2D eigenvalue weighted by Gasteiger charge is -2.36. The average Bonchev–Trinajstić information content (AvgIpc) is 2.52. The summed E-state index contributed by atoms with van der Waals surface area (Å²) in [6.07, 6.45) is 1.38. The Labute approximate surface area is 122 Å². The molecule has 0 N–H and O–H groups in total. The molecule has 0 spiro atoms. The largest absolute Gasteiger partial charge is 0.618 e. The first kappa shape index (κ1) is 15.9. The van der Waals surface area contributed by atoms with Crippen LogP contribution in [-0.4, -0.2) is 39.0 Å². The minimum Gasteiger partial charge on any atom is -0.618 e. The van der Waals surface area contributed by atoms with Crippen LogP contribution < -0.4 is 9.47 Å². The van der Waals surface area contributed by atoms with Crippen LogP contribution in [0.1, 0.15) is 11.3 Å². The SMILES string of the molecule is Cc1c(OCC2COC(CF)(CF)OC2)cc[n+]([O-])c1C. The van der Waals surface area contributed by atoms with E-state index in [0.29, 0.717) is 11.4 Å². The zero-order valence-electron chi connectivity index (χ0n) is 12.1. The van der Waals surface area contributed by atoms with Crippen molar-refractivity contribution in [3.63, 3.8) is 0 Å². The second kappa shape index (κ2) is 6.53. The number of ether oxygens (including phenoxy) is 3. The quantitative estimate of drug-likeness (QED) is 0.612. The number of aromatic nitrogens is 1. The summed E-state index contributed by atoms with van der Waals surface area (Å²) >= 11 is 0. The van der Waals surface area contributed by atoms with Crippen LogP contribution in [0.3, 0.4) is 0 Å². The molecule has 118 valence electrons. The number of halogens is 2. The van der Waals surface area contributed by atoms with Gasteiger partial charge in [-0.15, -0.1) is 0 Å². The summed E-state index contributed by atoms with van der Waals surface area (Å²) in [7, 11) is 0. The van der Waals surface area contributed by atoms with E-state index in [-0.39, 0.29) is 25.7 Å². The molecule has 0 atom stereocenters. The molecule has 2 heterocycles. The van der Waals surface area contributed by atoms with Crippen LogP contribution >= 0.6 is 0 Å². The molecule has 1 aromatic rings. The molecule has 2 rings (SSSR count). The molecular formula is C14H19F2NO4. The molecule has 0 unspecified atom stereocenters. The lowest BCUT2D eigenvalue weighted by Crippen LogP contribution is -2.49. The van der Waals surface area contributed by atoms with E-state index in [2.05, 4.69) is 0 Å². The third kappa shape index (κ3) is 3.41. The first-order chi connectivity index (χ1) is 10.0. The molecule has 0 aliphatic carbocycles. The molecule has 0 bridgehead atoms. The fourth-order valence-corrected chi connectivity index (χ4v) is 2.00. The molecule has 1 aliphatic rings. The van der Waals surface area contributed by atoms with Crippen molar-refractivity contribution in [3.05, 3.63) is 28.7 Å². The predicted octanol–water partition coefficient (Wildman–Crippen LogP) is 1.61. The van der Waals surface area contributed by atoms with Crippen LogP contribution in [0.5, 0.6) is 5.75 Å². The second-order valence-corrected chi connectivity index (χ2v) is 5.19. The Morgan fingerprint density at radius 2 is 1.95 bits per heavy atom. The second-order valence-electron chi connectivity index (χ2n) is 5.19. The monoisotopic (exact) mass is 303 g/mol. The Hall–Kier alpha value is -1.47. The van der Waals surface area contributed by atoms with Gasteiger partial charge in [0.2, 0.25) is 5.79 Å². The van der Waals surface area contributed by atoms with E-state index in [1.165, 1.54) is 6.20 Å². The normalized spacial score (nSPS) is 18.7. The number of pyridine rings is 1. The Balaban J connectivity index is 1.89. The Morgan fingerprint density at radius 1 is 1.33 bits per heavy atom. The standard InChI is InChI=1S/C14H19F2NO4/c1-10-11(2)17(18)4-3-13(10)19-5-12-6-20-14(8-15,9-16)21-7-12/h3-4,12H,5-9H2,1-2H3. The maximum absolute atomic E-state index is 12.7. The van der Waals surface area contributed by atoms with Crippen molar-refractivity contribution in [3.8, 4) is 5.75 Å². The predicted molar refractivity (Wildman–Crippen MR) is 70.4 cm³/mol. The highest BCUT2D eigenvalue weighted by Crippen LogP contribution is 2.24. The number of rotatable bonds is 5. The maximum atomic E-state index is 12.7. The van der Waals surface area contributed by atoms with E-state index in [1.807, 2.05) is 0 Å². The zero-order chi connectivity index (χ0) is 15.5. The molecule has 7 heteroatoms. The van der Waals surface area contributed by atoms with Crippen molar-refractivity contribution < 1.29 is 27.7 Å². The highest BCUT2D eigenvalue weighted by molar-refractivity contribution is 5.31. The van der Waals surface area contributed by atoms with E-state index in [0.717, 1.165) is 10.3 Å². The van der Waals surface area contributed by atoms with Gasteiger partial charge in [-0.05, 0) is 6.92 Å². The summed E-state index contributed by atoms with van der Waals surface area (Å²) in [6, 6.07) is 1.59. The molecular weight excluding hydrogens is 284 g/mol. The molecule has 21 heavy (non-hydrogen) atoms. The van der Waals surface area contributed by atoms with Crippen LogP contribution in [-0.2, 0) is 9.47 Å². The van der Waals surface area contributed by atoms with Gasteiger partial charge in [-0.3, -0.25) is 0 Å². The van der Waals surface area contributed by atoms with Crippen molar-refractivity contribution in [2.45, 2.75) is 19.6 Å². The number of nitrogens with zero attached hydrogens (tertiary/aromatic N) is 1.